The van der Waals surface area contributed by atoms with Crippen molar-refractivity contribution in [2.75, 3.05) is 0 Å². The molecular weight excluding hydrogens is 351 g/mol. The number of halogens is 2. The lowest BCUT2D eigenvalue weighted by molar-refractivity contribution is 0.573. The first-order chi connectivity index (χ1) is 8.13. The van der Waals surface area contributed by atoms with Gasteiger partial charge in [-0.1, -0.05) is 11.6 Å². The fraction of sp³-hybridized carbons (Fsp3) is 0.182. The second kappa shape index (κ2) is 5.34. The summed E-state index contributed by atoms with van der Waals surface area (Å²) in [6.45, 7) is 0. The Kier molecular flexibility index (Phi) is 4.03. The second-order valence-corrected chi connectivity index (χ2v) is 5.24. The molecule has 3 N–H and O–H groups in total. The van der Waals surface area contributed by atoms with Crippen LogP contribution in [0.15, 0.2) is 30.5 Å². The molecule has 4 nitrogen and oxygen atoms in total. The van der Waals surface area contributed by atoms with Crippen molar-refractivity contribution in [2.45, 2.75) is 6.04 Å². The zero-order chi connectivity index (χ0) is 12.4. The molecule has 0 bridgehead atoms. The van der Waals surface area contributed by atoms with Crippen molar-refractivity contribution in [3.63, 3.8) is 0 Å². The van der Waals surface area contributed by atoms with Gasteiger partial charge in [-0.05, 0) is 52.4 Å². The van der Waals surface area contributed by atoms with Crippen LogP contribution in [0.3, 0.4) is 0 Å². The average molecular weight is 363 g/mol. The van der Waals surface area contributed by atoms with Gasteiger partial charge in [0.15, 0.2) is 0 Å². The zero-order valence-corrected chi connectivity index (χ0v) is 12.1. The van der Waals surface area contributed by atoms with Crippen LogP contribution in [0.2, 0.25) is 5.02 Å². The summed E-state index contributed by atoms with van der Waals surface area (Å²) in [4.78, 5) is 0. The highest BCUT2D eigenvalue weighted by Gasteiger charge is 2.18. The first-order valence-corrected chi connectivity index (χ1v) is 6.48. The van der Waals surface area contributed by atoms with Crippen LogP contribution in [-0.2, 0) is 7.05 Å². The Balaban J connectivity index is 2.49. The van der Waals surface area contributed by atoms with Gasteiger partial charge in [-0.2, -0.15) is 5.10 Å². The van der Waals surface area contributed by atoms with Gasteiger partial charge in [-0.15, -0.1) is 0 Å². The SMILES string of the molecule is Cn1nccc1C(NN)c1cc(Cl)ccc1I. The van der Waals surface area contributed by atoms with Crippen LogP contribution in [0.4, 0.5) is 0 Å². The Bertz CT molecular complexity index is 526. The van der Waals surface area contributed by atoms with E-state index in [1.54, 1.807) is 10.9 Å². The molecule has 1 unspecified atom stereocenters. The first-order valence-electron chi connectivity index (χ1n) is 5.02. The van der Waals surface area contributed by atoms with Crippen molar-refractivity contribution in [2.24, 2.45) is 12.9 Å². The van der Waals surface area contributed by atoms with Gasteiger partial charge < -0.3 is 0 Å². The highest BCUT2D eigenvalue weighted by Crippen LogP contribution is 2.27. The van der Waals surface area contributed by atoms with E-state index < -0.39 is 0 Å². The molecule has 0 amide bonds. The Labute approximate surface area is 118 Å². The molecule has 0 aliphatic rings. The van der Waals surface area contributed by atoms with Gasteiger partial charge in [-0.3, -0.25) is 10.5 Å². The summed E-state index contributed by atoms with van der Waals surface area (Å²) in [5, 5.41) is 4.85. The van der Waals surface area contributed by atoms with Crippen LogP contribution in [0.25, 0.3) is 0 Å². The van der Waals surface area contributed by atoms with Gasteiger partial charge in [0.1, 0.15) is 0 Å². The summed E-state index contributed by atoms with van der Waals surface area (Å²) in [5.74, 6) is 5.65. The summed E-state index contributed by atoms with van der Waals surface area (Å²) in [6, 6.07) is 7.57. The van der Waals surface area contributed by atoms with E-state index >= 15 is 0 Å². The quantitative estimate of drug-likeness (QED) is 0.500. The van der Waals surface area contributed by atoms with E-state index in [1.807, 2.05) is 31.3 Å². The van der Waals surface area contributed by atoms with Crippen molar-refractivity contribution in [3.05, 3.63) is 50.3 Å². The number of nitrogens with zero attached hydrogens (tertiary/aromatic N) is 2. The predicted molar refractivity (Wildman–Crippen MR) is 76.5 cm³/mol. The highest BCUT2D eigenvalue weighted by atomic mass is 127. The molecule has 0 fully saturated rings. The monoisotopic (exact) mass is 362 g/mol. The van der Waals surface area contributed by atoms with Crippen molar-refractivity contribution in [3.8, 4) is 0 Å². The lowest BCUT2D eigenvalue weighted by atomic mass is 10.0. The molecule has 17 heavy (non-hydrogen) atoms. The Hall–Kier alpha value is -0.630. The van der Waals surface area contributed by atoms with Crippen LogP contribution in [0, 0.1) is 3.57 Å². The number of hydrogen-bond acceptors (Lipinski definition) is 3. The summed E-state index contributed by atoms with van der Waals surface area (Å²) >= 11 is 8.29. The van der Waals surface area contributed by atoms with Crippen molar-refractivity contribution >= 4 is 34.2 Å². The van der Waals surface area contributed by atoms with Crippen LogP contribution >= 0.6 is 34.2 Å². The number of nitrogens with one attached hydrogen (secondary N) is 1. The molecule has 0 saturated carbocycles. The highest BCUT2D eigenvalue weighted by molar-refractivity contribution is 14.1. The van der Waals surface area contributed by atoms with Gasteiger partial charge in [-0.25, -0.2) is 5.43 Å². The summed E-state index contributed by atoms with van der Waals surface area (Å²) < 4.78 is 2.90. The van der Waals surface area contributed by atoms with E-state index in [-0.39, 0.29) is 6.04 Å². The number of nitrogens with two attached hydrogens (primary N) is 1. The fourth-order valence-electron chi connectivity index (χ4n) is 1.74. The molecule has 1 aromatic heterocycles. The number of benzene rings is 1. The number of hydrazine groups is 1. The van der Waals surface area contributed by atoms with Crippen molar-refractivity contribution < 1.29 is 0 Å². The summed E-state index contributed by atoms with van der Waals surface area (Å²) in [5.41, 5.74) is 4.84. The van der Waals surface area contributed by atoms with Crippen LogP contribution in [-0.4, -0.2) is 9.78 Å². The Morgan fingerprint density at radius 3 is 2.82 bits per heavy atom. The van der Waals surface area contributed by atoms with Crippen molar-refractivity contribution in [1.82, 2.24) is 15.2 Å². The molecule has 90 valence electrons. The third-order valence-corrected chi connectivity index (χ3v) is 3.81. The van der Waals surface area contributed by atoms with E-state index in [1.165, 1.54) is 0 Å². The van der Waals surface area contributed by atoms with Crippen LogP contribution in [0.1, 0.15) is 17.3 Å². The predicted octanol–water partition coefficient (Wildman–Crippen LogP) is 2.23. The molecule has 0 radical (unpaired) electrons. The zero-order valence-electron chi connectivity index (χ0n) is 9.19. The maximum atomic E-state index is 6.02. The summed E-state index contributed by atoms with van der Waals surface area (Å²) in [6.07, 6.45) is 1.75. The molecule has 1 aromatic carbocycles. The minimum Gasteiger partial charge on any atom is -0.271 e. The maximum absolute atomic E-state index is 6.02. The van der Waals surface area contributed by atoms with E-state index in [9.17, 15) is 0 Å². The molecule has 2 aromatic rings. The molecule has 0 spiro atoms. The number of aryl methyl sites for hydroxylation is 1. The number of rotatable bonds is 3. The standard InChI is InChI=1S/C11H12ClIN4/c1-17-10(4-5-15-17)11(16-14)8-6-7(12)2-3-9(8)13/h2-6,11,16H,14H2,1H3. The number of hydrogen-bond donors (Lipinski definition) is 2. The van der Waals surface area contributed by atoms with E-state index in [0.29, 0.717) is 5.02 Å². The third kappa shape index (κ3) is 2.62. The van der Waals surface area contributed by atoms with Gasteiger partial charge >= 0.3 is 0 Å². The smallest absolute Gasteiger partial charge is 0.0888 e. The van der Waals surface area contributed by atoms with Gasteiger partial charge in [0, 0.05) is 21.8 Å². The average Bonchev–Trinajstić information content (AvgIpc) is 2.71. The second-order valence-electron chi connectivity index (χ2n) is 3.65. The molecule has 0 saturated heterocycles. The molecule has 1 heterocycles. The van der Waals surface area contributed by atoms with E-state index in [0.717, 1.165) is 14.8 Å². The van der Waals surface area contributed by atoms with Gasteiger partial charge in [0.05, 0.1) is 11.7 Å². The lowest BCUT2D eigenvalue weighted by Gasteiger charge is -2.18. The topological polar surface area (TPSA) is 55.9 Å². The summed E-state index contributed by atoms with van der Waals surface area (Å²) in [7, 11) is 1.89. The van der Waals surface area contributed by atoms with Crippen molar-refractivity contribution in [1.29, 1.82) is 0 Å². The molecule has 1 atom stereocenters. The Morgan fingerprint density at radius 1 is 1.47 bits per heavy atom. The minimum absolute atomic E-state index is 0.118. The Morgan fingerprint density at radius 2 is 2.24 bits per heavy atom. The van der Waals surface area contributed by atoms with E-state index in [2.05, 4.69) is 33.1 Å². The van der Waals surface area contributed by atoms with Gasteiger partial charge in [0.25, 0.3) is 0 Å². The maximum Gasteiger partial charge on any atom is 0.0888 e. The third-order valence-electron chi connectivity index (χ3n) is 2.59. The van der Waals surface area contributed by atoms with E-state index in [4.69, 9.17) is 17.4 Å². The van der Waals surface area contributed by atoms with Crippen LogP contribution < -0.4 is 11.3 Å². The normalized spacial score (nSPS) is 12.7. The largest absolute Gasteiger partial charge is 0.271 e. The van der Waals surface area contributed by atoms with Crippen LogP contribution in [0.5, 0.6) is 0 Å². The molecule has 0 aliphatic heterocycles. The van der Waals surface area contributed by atoms with Gasteiger partial charge in [0.2, 0.25) is 0 Å². The molecule has 6 heteroatoms. The molecular formula is C11H12ClIN4. The minimum atomic E-state index is -0.118. The number of aromatic nitrogens is 2. The first kappa shape index (κ1) is 12.8. The molecule has 2 rings (SSSR count). The lowest BCUT2D eigenvalue weighted by Crippen LogP contribution is -2.31. The fourth-order valence-corrected chi connectivity index (χ4v) is 2.57. The molecule has 0 aliphatic carbocycles.